The van der Waals surface area contributed by atoms with Gasteiger partial charge in [-0.05, 0) is 31.1 Å². The Balaban J connectivity index is 2.14. The number of hydrogen-bond acceptors (Lipinski definition) is 2. The lowest BCUT2D eigenvalue weighted by atomic mass is 9.68. The Bertz CT molecular complexity index is 610. The van der Waals surface area contributed by atoms with Crippen molar-refractivity contribution in [1.82, 2.24) is 0 Å². The first-order chi connectivity index (χ1) is 9.65. The average Bonchev–Trinajstić information content (AvgIpc) is 2.51. The van der Waals surface area contributed by atoms with E-state index in [2.05, 4.69) is 13.8 Å². The molecule has 0 saturated heterocycles. The van der Waals surface area contributed by atoms with Crippen LogP contribution in [-0.4, -0.2) is 11.6 Å². The van der Waals surface area contributed by atoms with E-state index in [0.717, 1.165) is 36.8 Å². The van der Waals surface area contributed by atoms with Crippen LogP contribution in [0.1, 0.15) is 60.2 Å². The number of benzene rings is 1. The second-order valence-electron chi connectivity index (χ2n) is 5.98. The second-order valence-corrected chi connectivity index (χ2v) is 5.98. The van der Waals surface area contributed by atoms with Gasteiger partial charge in [0.1, 0.15) is 0 Å². The minimum atomic E-state index is 0.0863. The van der Waals surface area contributed by atoms with Crippen LogP contribution in [0.4, 0.5) is 0 Å². The number of carbonyl (C=O) groups is 2. The number of allylic oxidation sites excluding steroid dienone is 2. The smallest absolute Gasteiger partial charge is 0.190 e. The zero-order valence-corrected chi connectivity index (χ0v) is 12.1. The Morgan fingerprint density at radius 3 is 2.45 bits per heavy atom. The lowest BCUT2D eigenvalue weighted by Gasteiger charge is -2.34. The highest BCUT2D eigenvalue weighted by molar-refractivity contribution is 6.27. The maximum Gasteiger partial charge on any atom is 0.190 e. The van der Waals surface area contributed by atoms with Crippen molar-refractivity contribution in [3.05, 3.63) is 46.5 Å². The van der Waals surface area contributed by atoms with E-state index < -0.39 is 0 Å². The van der Waals surface area contributed by atoms with Crippen LogP contribution in [0.5, 0.6) is 0 Å². The zero-order valence-electron chi connectivity index (χ0n) is 12.1. The van der Waals surface area contributed by atoms with E-state index in [9.17, 15) is 9.59 Å². The zero-order chi connectivity index (χ0) is 14.3. The molecule has 0 N–H and O–H groups in total. The largest absolute Gasteiger partial charge is 0.289 e. The summed E-state index contributed by atoms with van der Waals surface area (Å²) in [6.45, 7) is 4.35. The summed E-state index contributed by atoms with van der Waals surface area (Å²) in [7, 11) is 0. The molecule has 0 spiro atoms. The van der Waals surface area contributed by atoms with Gasteiger partial charge in [-0.1, -0.05) is 44.5 Å². The molecule has 0 fully saturated rings. The van der Waals surface area contributed by atoms with Gasteiger partial charge in [-0.15, -0.1) is 0 Å². The normalized spacial score (nSPS) is 23.4. The van der Waals surface area contributed by atoms with Gasteiger partial charge in [-0.3, -0.25) is 9.59 Å². The third kappa shape index (κ3) is 1.86. The summed E-state index contributed by atoms with van der Waals surface area (Å²) in [5.74, 6) is 0.902. The lowest BCUT2D eigenvalue weighted by molar-refractivity contribution is 0.0946. The molecule has 3 rings (SSSR count). The van der Waals surface area contributed by atoms with E-state index in [1.54, 1.807) is 12.1 Å². The molecule has 0 radical (unpaired) electrons. The van der Waals surface area contributed by atoms with Crippen molar-refractivity contribution in [3.8, 4) is 0 Å². The van der Waals surface area contributed by atoms with Crippen LogP contribution in [0.15, 0.2) is 35.4 Å². The van der Waals surface area contributed by atoms with Crippen LogP contribution in [0.2, 0.25) is 0 Å². The van der Waals surface area contributed by atoms with Crippen LogP contribution in [0.25, 0.3) is 0 Å². The van der Waals surface area contributed by atoms with Crippen LogP contribution < -0.4 is 0 Å². The Morgan fingerprint density at radius 2 is 1.80 bits per heavy atom. The molecule has 1 aromatic rings. The minimum absolute atomic E-state index is 0.0863. The Labute approximate surface area is 119 Å². The average molecular weight is 268 g/mol. The van der Waals surface area contributed by atoms with Crippen molar-refractivity contribution < 1.29 is 9.59 Å². The summed E-state index contributed by atoms with van der Waals surface area (Å²) < 4.78 is 0. The fourth-order valence-corrected chi connectivity index (χ4v) is 3.58. The molecule has 1 aromatic carbocycles. The second kappa shape index (κ2) is 5.01. The molecule has 0 amide bonds. The van der Waals surface area contributed by atoms with Crippen LogP contribution >= 0.6 is 0 Å². The molecular formula is C18H20O2. The predicted molar refractivity (Wildman–Crippen MR) is 78.9 cm³/mol. The summed E-state index contributed by atoms with van der Waals surface area (Å²) >= 11 is 0. The van der Waals surface area contributed by atoms with Crippen molar-refractivity contribution in [1.29, 1.82) is 0 Å². The van der Waals surface area contributed by atoms with Gasteiger partial charge in [-0.2, -0.15) is 0 Å². The monoisotopic (exact) mass is 268 g/mol. The molecule has 0 heterocycles. The maximum absolute atomic E-state index is 12.8. The summed E-state index contributed by atoms with van der Waals surface area (Å²) in [6.07, 6.45) is 3.87. The Hall–Kier alpha value is -1.70. The maximum atomic E-state index is 12.8. The van der Waals surface area contributed by atoms with E-state index in [4.69, 9.17) is 0 Å². The predicted octanol–water partition coefficient (Wildman–Crippen LogP) is 4.21. The van der Waals surface area contributed by atoms with Gasteiger partial charge in [0, 0.05) is 22.3 Å². The van der Waals surface area contributed by atoms with E-state index in [1.165, 1.54) is 0 Å². The van der Waals surface area contributed by atoms with Crippen molar-refractivity contribution in [2.75, 3.05) is 0 Å². The van der Waals surface area contributed by atoms with E-state index in [0.29, 0.717) is 17.0 Å². The molecule has 104 valence electrons. The molecule has 2 aliphatic carbocycles. The first-order valence-electron chi connectivity index (χ1n) is 7.56. The Morgan fingerprint density at radius 1 is 1.15 bits per heavy atom. The van der Waals surface area contributed by atoms with Crippen molar-refractivity contribution >= 4 is 11.6 Å². The lowest BCUT2D eigenvalue weighted by Crippen LogP contribution is -2.31. The first kappa shape index (κ1) is 13.3. The van der Waals surface area contributed by atoms with E-state index in [-0.39, 0.29) is 17.5 Å². The highest BCUT2D eigenvalue weighted by Gasteiger charge is 2.38. The Kier molecular flexibility index (Phi) is 3.33. The fraction of sp³-hybridized carbons (Fsp3) is 0.444. The number of Topliss-reactive ketones (excluding diaryl/α,β-unsaturated/α-hetero) is 2. The number of hydrogen-bond donors (Lipinski definition) is 0. The van der Waals surface area contributed by atoms with Gasteiger partial charge in [0.2, 0.25) is 0 Å². The van der Waals surface area contributed by atoms with Crippen LogP contribution in [0.3, 0.4) is 0 Å². The molecule has 2 aliphatic rings. The third-order valence-corrected chi connectivity index (χ3v) is 4.90. The number of ketones is 2. The summed E-state index contributed by atoms with van der Waals surface area (Å²) in [4.78, 5) is 25.5. The standard InChI is InChI=1S/C18H20O2/c1-3-11(2)12-9-6-10-15-16(12)18(20)14-8-5-4-7-13(14)17(15)19/h4-5,7-8,11-12H,3,6,9-10H2,1-2H3. The number of rotatable bonds is 2. The summed E-state index contributed by atoms with van der Waals surface area (Å²) in [6, 6.07) is 7.26. The van der Waals surface area contributed by atoms with Crippen molar-refractivity contribution in [2.45, 2.75) is 39.5 Å². The van der Waals surface area contributed by atoms with Gasteiger partial charge in [0.15, 0.2) is 11.6 Å². The topological polar surface area (TPSA) is 34.1 Å². The third-order valence-electron chi connectivity index (χ3n) is 4.90. The molecule has 20 heavy (non-hydrogen) atoms. The number of carbonyl (C=O) groups excluding carboxylic acids is 2. The summed E-state index contributed by atoms with van der Waals surface area (Å²) in [5, 5.41) is 0. The van der Waals surface area contributed by atoms with Gasteiger partial charge < -0.3 is 0 Å². The van der Waals surface area contributed by atoms with Gasteiger partial charge >= 0.3 is 0 Å². The minimum Gasteiger partial charge on any atom is -0.289 e. The number of fused-ring (bicyclic) bond motifs is 1. The van der Waals surface area contributed by atoms with Crippen molar-refractivity contribution in [3.63, 3.8) is 0 Å². The van der Waals surface area contributed by atoms with Crippen LogP contribution in [0, 0.1) is 11.8 Å². The van der Waals surface area contributed by atoms with E-state index in [1.807, 2.05) is 12.1 Å². The molecular weight excluding hydrogens is 248 g/mol. The molecule has 2 unspecified atom stereocenters. The molecule has 0 saturated carbocycles. The van der Waals surface area contributed by atoms with Gasteiger partial charge in [-0.25, -0.2) is 0 Å². The molecule has 2 nitrogen and oxygen atoms in total. The first-order valence-corrected chi connectivity index (χ1v) is 7.56. The highest BCUT2D eigenvalue weighted by atomic mass is 16.1. The summed E-state index contributed by atoms with van der Waals surface area (Å²) in [5.41, 5.74) is 2.83. The molecule has 0 aliphatic heterocycles. The molecule has 2 atom stereocenters. The molecule has 0 aromatic heterocycles. The molecule has 0 bridgehead atoms. The van der Waals surface area contributed by atoms with Crippen molar-refractivity contribution in [2.24, 2.45) is 11.8 Å². The van der Waals surface area contributed by atoms with Gasteiger partial charge in [0.25, 0.3) is 0 Å². The molecule has 2 heteroatoms. The van der Waals surface area contributed by atoms with Crippen LogP contribution in [-0.2, 0) is 0 Å². The quantitative estimate of drug-likeness (QED) is 0.805. The highest BCUT2D eigenvalue weighted by Crippen LogP contribution is 2.42. The van der Waals surface area contributed by atoms with E-state index >= 15 is 0 Å². The van der Waals surface area contributed by atoms with Gasteiger partial charge in [0.05, 0.1) is 0 Å². The fourth-order valence-electron chi connectivity index (χ4n) is 3.58. The SMILES string of the molecule is CCC(C)C1CCCC2=C1C(=O)c1ccccc1C2=O.